The first-order valence-corrected chi connectivity index (χ1v) is 10.2. The molecule has 4 heteroatoms. The van der Waals surface area contributed by atoms with Crippen molar-refractivity contribution in [1.29, 1.82) is 0 Å². The van der Waals surface area contributed by atoms with Gasteiger partial charge in [-0.15, -0.1) is 0 Å². The number of aromatic hydroxyl groups is 2. The molecule has 0 saturated carbocycles. The van der Waals surface area contributed by atoms with Crippen LogP contribution in [0.5, 0.6) is 11.5 Å². The molecule has 0 amide bonds. The molecular weight excluding hydrogens is 378 g/mol. The van der Waals surface area contributed by atoms with Crippen molar-refractivity contribution in [2.24, 2.45) is 5.92 Å². The standard InChI is InChI=1S/C21H28BrNO2/c1-3-5-13(6-4-2)20-19-14(10-17(24)11-18(19)25)7-8-15-9-16(22)12-23-21(15)20/h9-13,20-21,23-25H,3-8H2,1-2H3. The lowest BCUT2D eigenvalue weighted by atomic mass is 9.73. The van der Waals surface area contributed by atoms with Gasteiger partial charge < -0.3 is 15.5 Å². The fourth-order valence-corrected chi connectivity index (χ4v) is 5.04. The maximum atomic E-state index is 10.7. The van der Waals surface area contributed by atoms with Crippen LogP contribution in [0.2, 0.25) is 0 Å². The van der Waals surface area contributed by atoms with E-state index in [9.17, 15) is 10.2 Å². The van der Waals surface area contributed by atoms with E-state index in [0.717, 1.165) is 54.1 Å². The van der Waals surface area contributed by atoms with Gasteiger partial charge in [0.2, 0.25) is 0 Å². The second kappa shape index (κ2) is 7.86. The van der Waals surface area contributed by atoms with E-state index in [2.05, 4.69) is 41.2 Å². The Morgan fingerprint density at radius 3 is 2.56 bits per heavy atom. The molecule has 0 radical (unpaired) electrons. The average Bonchev–Trinajstić information content (AvgIpc) is 2.71. The quantitative estimate of drug-likeness (QED) is 0.607. The number of hydrogen-bond acceptors (Lipinski definition) is 3. The van der Waals surface area contributed by atoms with Gasteiger partial charge in [-0.05, 0) is 58.0 Å². The number of aryl methyl sites for hydroxylation is 1. The first-order chi connectivity index (χ1) is 12.0. The molecule has 1 aromatic carbocycles. The van der Waals surface area contributed by atoms with Crippen LogP contribution < -0.4 is 5.32 Å². The summed E-state index contributed by atoms with van der Waals surface area (Å²) >= 11 is 3.59. The number of halogens is 1. The summed E-state index contributed by atoms with van der Waals surface area (Å²) in [5.74, 6) is 1.13. The lowest BCUT2D eigenvalue weighted by molar-refractivity contribution is 0.313. The van der Waals surface area contributed by atoms with Gasteiger partial charge in [0.05, 0.1) is 6.04 Å². The van der Waals surface area contributed by atoms with Crippen LogP contribution in [0.3, 0.4) is 0 Å². The fraction of sp³-hybridized carbons (Fsp3) is 0.524. The van der Waals surface area contributed by atoms with Crippen LogP contribution in [0.1, 0.15) is 63.0 Å². The summed E-state index contributed by atoms with van der Waals surface area (Å²) < 4.78 is 1.07. The first-order valence-electron chi connectivity index (χ1n) is 9.42. The monoisotopic (exact) mass is 405 g/mol. The van der Waals surface area contributed by atoms with Gasteiger partial charge in [-0.1, -0.05) is 39.5 Å². The third-order valence-electron chi connectivity index (χ3n) is 5.55. The van der Waals surface area contributed by atoms with Gasteiger partial charge in [-0.2, -0.15) is 0 Å². The number of fused-ring (bicyclic) bond motifs is 2. The molecule has 1 aliphatic heterocycles. The summed E-state index contributed by atoms with van der Waals surface area (Å²) in [6.45, 7) is 4.47. The van der Waals surface area contributed by atoms with Gasteiger partial charge in [0, 0.05) is 28.2 Å². The van der Waals surface area contributed by atoms with Gasteiger partial charge in [-0.3, -0.25) is 0 Å². The van der Waals surface area contributed by atoms with Crippen molar-refractivity contribution in [3.8, 4) is 11.5 Å². The Labute approximate surface area is 159 Å². The second-order valence-electron chi connectivity index (χ2n) is 7.29. The summed E-state index contributed by atoms with van der Waals surface area (Å²) in [5, 5.41) is 24.3. The maximum absolute atomic E-state index is 10.7. The zero-order chi connectivity index (χ0) is 18.0. The smallest absolute Gasteiger partial charge is 0.123 e. The number of phenolic OH excluding ortho intramolecular Hbond substituents is 2. The molecule has 1 aliphatic carbocycles. The zero-order valence-electron chi connectivity index (χ0n) is 15.1. The lowest BCUT2D eigenvalue weighted by Crippen LogP contribution is -2.38. The van der Waals surface area contributed by atoms with Gasteiger partial charge >= 0.3 is 0 Å². The van der Waals surface area contributed by atoms with Crippen LogP contribution in [-0.4, -0.2) is 16.3 Å². The lowest BCUT2D eigenvalue weighted by Gasteiger charge is -2.37. The molecule has 3 N–H and O–H groups in total. The number of nitrogens with one attached hydrogen (secondary N) is 1. The molecule has 0 bridgehead atoms. The number of hydrogen-bond donors (Lipinski definition) is 3. The third kappa shape index (κ3) is 3.74. The van der Waals surface area contributed by atoms with Crippen LogP contribution in [0, 0.1) is 5.92 Å². The number of phenols is 2. The first kappa shape index (κ1) is 18.4. The van der Waals surface area contributed by atoms with E-state index < -0.39 is 0 Å². The topological polar surface area (TPSA) is 52.5 Å². The molecule has 3 nitrogen and oxygen atoms in total. The molecule has 0 fully saturated rings. The van der Waals surface area contributed by atoms with Crippen molar-refractivity contribution in [3.63, 3.8) is 0 Å². The predicted octanol–water partition coefficient (Wildman–Crippen LogP) is 5.48. The van der Waals surface area contributed by atoms with E-state index in [4.69, 9.17) is 0 Å². The summed E-state index contributed by atoms with van der Waals surface area (Å²) in [5.41, 5.74) is 3.51. The largest absolute Gasteiger partial charge is 0.508 e. The number of dihydropyridines is 1. The minimum Gasteiger partial charge on any atom is -0.508 e. The van der Waals surface area contributed by atoms with Crippen LogP contribution in [0.4, 0.5) is 0 Å². The van der Waals surface area contributed by atoms with Gasteiger partial charge in [-0.25, -0.2) is 0 Å². The van der Waals surface area contributed by atoms with Crippen LogP contribution in [0.15, 0.2) is 34.5 Å². The van der Waals surface area contributed by atoms with Crippen molar-refractivity contribution >= 4 is 15.9 Å². The van der Waals surface area contributed by atoms with Crippen LogP contribution in [0.25, 0.3) is 0 Å². The predicted molar refractivity (Wildman–Crippen MR) is 106 cm³/mol. The van der Waals surface area contributed by atoms with Gasteiger partial charge in [0.1, 0.15) is 11.5 Å². The van der Waals surface area contributed by atoms with E-state index in [1.54, 1.807) is 0 Å². The van der Waals surface area contributed by atoms with Crippen molar-refractivity contribution in [3.05, 3.63) is 45.6 Å². The van der Waals surface area contributed by atoms with Crippen molar-refractivity contribution in [2.45, 2.75) is 64.3 Å². The Morgan fingerprint density at radius 1 is 1.16 bits per heavy atom. The minimum absolute atomic E-state index is 0.156. The second-order valence-corrected chi connectivity index (χ2v) is 8.21. The van der Waals surface area contributed by atoms with Gasteiger partial charge in [0.25, 0.3) is 0 Å². The third-order valence-corrected chi connectivity index (χ3v) is 6.01. The summed E-state index contributed by atoms with van der Waals surface area (Å²) in [4.78, 5) is 0. The van der Waals surface area contributed by atoms with E-state index in [-0.39, 0.29) is 23.5 Å². The summed E-state index contributed by atoms with van der Waals surface area (Å²) in [6.07, 6.45) is 10.6. The molecule has 3 rings (SSSR count). The molecule has 2 aliphatic rings. The van der Waals surface area contributed by atoms with E-state index in [0.29, 0.717) is 5.92 Å². The normalized spacial score (nSPS) is 22.4. The highest BCUT2D eigenvalue weighted by Gasteiger charge is 2.38. The molecule has 1 heterocycles. The molecule has 2 atom stereocenters. The summed E-state index contributed by atoms with van der Waals surface area (Å²) in [7, 11) is 0. The molecule has 2 unspecified atom stereocenters. The van der Waals surface area contributed by atoms with Crippen molar-refractivity contribution < 1.29 is 10.2 Å². The average molecular weight is 406 g/mol. The van der Waals surface area contributed by atoms with E-state index >= 15 is 0 Å². The number of rotatable bonds is 5. The van der Waals surface area contributed by atoms with Crippen LogP contribution >= 0.6 is 15.9 Å². The fourth-order valence-electron chi connectivity index (χ4n) is 4.62. The van der Waals surface area contributed by atoms with Crippen molar-refractivity contribution in [1.82, 2.24) is 5.32 Å². The Morgan fingerprint density at radius 2 is 1.88 bits per heavy atom. The Kier molecular flexibility index (Phi) is 5.78. The highest BCUT2D eigenvalue weighted by Crippen LogP contribution is 2.47. The van der Waals surface area contributed by atoms with E-state index in [1.807, 2.05) is 12.3 Å². The molecule has 136 valence electrons. The minimum atomic E-state index is 0.156. The molecule has 0 saturated heterocycles. The number of benzene rings is 1. The molecule has 1 aromatic rings. The van der Waals surface area contributed by atoms with Crippen LogP contribution in [-0.2, 0) is 6.42 Å². The molecular formula is C21H28BrNO2. The van der Waals surface area contributed by atoms with E-state index in [1.165, 1.54) is 11.6 Å². The summed E-state index contributed by atoms with van der Waals surface area (Å²) in [6, 6.07) is 3.56. The van der Waals surface area contributed by atoms with Crippen molar-refractivity contribution in [2.75, 3.05) is 0 Å². The number of allylic oxidation sites excluding steroid dienone is 2. The maximum Gasteiger partial charge on any atom is 0.123 e. The SMILES string of the molecule is CCCC(CCC)C1c2c(O)cc(O)cc2CCC2=CC(Br)=CNC21. The Balaban J connectivity index is 2.13. The van der Waals surface area contributed by atoms with Gasteiger partial charge in [0.15, 0.2) is 0 Å². The Hall–Kier alpha value is -1.42. The Bertz CT molecular complexity index is 689. The highest BCUT2D eigenvalue weighted by molar-refractivity contribution is 9.11. The molecule has 0 aromatic heterocycles. The zero-order valence-corrected chi connectivity index (χ0v) is 16.6. The molecule has 0 spiro atoms. The molecule has 25 heavy (non-hydrogen) atoms. The highest BCUT2D eigenvalue weighted by atomic mass is 79.9.